The van der Waals surface area contributed by atoms with E-state index < -0.39 is 11.2 Å². The molecule has 2 N–H and O–H groups in total. The van der Waals surface area contributed by atoms with Crippen molar-refractivity contribution in [3.63, 3.8) is 0 Å². The Morgan fingerprint density at radius 1 is 0.474 bits per heavy atom. The lowest BCUT2D eigenvalue weighted by Crippen LogP contribution is -2.33. The number of aryl methyl sites for hydroxylation is 2. The normalized spacial score (nSPS) is 20.1. The third-order valence-corrected chi connectivity index (χ3v) is 17.3. The Hall–Kier alpha value is -8.50. The number of nitrogens with zero attached hydrogens (tertiary/aromatic N) is 2. The number of fused-ring (bicyclic) bond motifs is 12. The average Bonchev–Trinajstić information content (AvgIpc) is 4.46. The molecule has 6 heterocycles. The predicted octanol–water partition coefficient (Wildman–Crippen LogP) is 14.8. The number of esters is 2. The standard InChI is InChI=1S/C66H58N4O6/c1-5-64(4,42-18-22-44(23-19-42)67-56-38-54-58(34-40(56)2)73-60-36-46(69-30-10-11-31-69)26-28-52(60)65(54)50-16-8-6-14-48(50)62(71)75-65)43-20-24-45(25-21-43)68-57-39-55-59(35-41(57)3)74-61-37-47(70-32-12-13-33-70)27-29-53(61)66(55)51-17-9-7-15-49(51)63(72)76-66/h6-9,14-29,34-39,67-68H,5,10-13,30-33H2,1-4H3. The molecular formula is C66H58N4O6. The molecule has 2 fully saturated rings. The molecule has 0 saturated carbocycles. The van der Waals surface area contributed by atoms with Crippen LogP contribution in [0, 0.1) is 13.8 Å². The zero-order chi connectivity index (χ0) is 51.5. The number of rotatable bonds is 9. The summed E-state index contributed by atoms with van der Waals surface area (Å²) in [5, 5.41) is 7.44. The Balaban J connectivity index is 0.738. The summed E-state index contributed by atoms with van der Waals surface area (Å²) >= 11 is 0. The van der Waals surface area contributed by atoms with Crippen molar-refractivity contribution in [1.29, 1.82) is 0 Å². The Labute approximate surface area is 443 Å². The number of ether oxygens (including phenoxy) is 4. The van der Waals surface area contributed by atoms with E-state index in [-0.39, 0.29) is 17.4 Å². The Bertz CT molecular complexity index is 3470. The molecule has 10 nitrogen and oxygen atoms in total. The van der Waals surface area contributed by atoms with Crippen molar-refractivity contribution in [2.75, 3.05) is 46.6 Å². The zero-order valence-electron chi connectivity index (χ0n) is 43.2. The minimum Gasteiger partial charge on any atom is -0.456 e. The van der Waals surface area contributed by atoms with Crippen molar-refractivity contribution in [2.45, 2.75) is 76.4 Å². The molecule has 6 aliphatic heterocycles. The van der Waals surface area contributed by atoms with Gasteiger partial charge in [-0.15, -0.1) is 0 Å². The maximum Gasteiger partial charge on any atom is 0.340 e. The molecule has 2 atom stereocenters. The third kappa shape index (κ3) is 6.92. The zero-order valence-corrected chi connectivity index (χ0v) is 43.2. The molecule has 6 aliphatic rings. The van der Waals surface area contributed by atoms with Crippen LogP contribution < -0.4 is 29.9 Å². The van der Waals surface area contributed by atoms with Crippen molar-refractivity contribution in [3.8, 4) is 23.0 Å². The van der Waals surface area contributed by atoms with Crippen molar-refractivity contribution < 1.29 is 28.5 Å². The maximum absolute atomic E-state index is 13.7. The quantitative estimate of drug-likeness (QED) is 0.136. The summed E-state index contributed by atoms with van der Waals surface area (Å²) < 4.78 is 26.7. The van der Waals surface area contributed by atoms with E-state index in [1.807, 2.05) is 48.5 Å². The van der Waals surface area contributed by atoms with Crippen molar-refractivity contribution >= 4 is 46.1 Å². The molecule has 2 spiro atoms. The molecule has 76 heavy (non-hydrogen) atoms. The number of hydrogen-bond acceptors (Lipinski definition) is 10. The predicted molar refractivity (Wildman–Crippen MR) is 298 cm³/mol. The molecule has 2 unspecified atom stereocenters. The van der Waals surface area contributed by atoms with E-state index in [2.05, 4.69) is 157 Å². The number of carbonyl (C=O) groups is 2. The van der Waals surface area contributed by atoms with E-state index in [1.54, 1.807) is 0 Å². The fourth-order valence-electron chi connectivity index (χ4n) is 13.0. The highest BCUT2D eigenvalue weighted by atomic mass is 16.6. The maximum atomic E-state index is 13.7. The molecule has 0 radical (unpaired) electrons. The lowest BCUT2D eigenvalue weighted by Gasteiger charge is -2.37. The first-order valence-electron chi connectivity index (χ1n) is 26.9. The van der Waals surface area contributed by atoms with Crippen LogP contribution in [-0.4, -0.2) is 38.1 Å². The van der Waals surface area contributed by atoms with Crippen LogP contribution in [-0.2, 0) is 26.1 Å². The molecule has 8 aromatic rings. The fourth-order valence-corrected chi connectivity index (χ4v) is 13.0. The summed E-state index contributed by atoms with van der Waals surface area (Å²) in [5.41, 5.74) is 13.7. The fraction of sp³-hybridized carbons (Fsp3) is 0.242. The number of hydrogen-bond donors (Lipinski definition) is 2. The van der Waals surface area contributed by atoms with E-state index in [0.29, 0.717) is 34.1 Å². The van der Waals surface area contributed by atoms with Gasteiger partial charge in [0.1, 0.15) is 23.0 Å². The smallest absolute Gasteiger partial charge is 0.340 e. The molecule has 0 aliphatic carbocycles. The Kier molecular flexibility index (Phi) is 10.5. The van der Waals surface area contributed by atoms with Gasteiger partial charge >= 0.3 is 11.9 Å². The van der Waals surface area contributed by atoms with Crippen LogP contribution in [0.2, 0.25) is 0 Å². The Morgan fingerprint density at radius 2 is 0.868 bits per heavy atom. The van der Waals surface area contributed by atoms with Crippen LogP contribution in [0.15, 0.2) is 158 Å². The number of anilines is 6. The molecular weight excluding hydrogens is 945 g/mol. The van der Waals surface area contributed by atoms with Crippen LogP contribution in [0.3, 0.4) is 0 Å². The summed E-state index contributed by atoms with van der Waals surface area (Å²) in [4.78, 5) is 32.2. The van der Waals surface area contributed by atoms with E-state index in [1.165, 1.54) is 36.8 Å². The molecule has 2 saturated heterocycles. The van der Waals surface area contributed by atoms with Gasteiger partial charge in [0.25, 0.3) is 0 Å². The van der Waals surface area contributed by atoms with Gasteiger partial charge in [-0.2, -0.15) is 0 Å². The minimum absolute atomic E-state index is 0.280. The molecule has 10 heteroatoms. The molecule has 14 rings (SSSR count). The second-order valence-electron chi connectivity index (χ2n) is 21.6. The second-order valence-corrected chi connectivity index (χ2v) is 21.6. The summed E-state index contributed by atoms with van der Waals surface area (Å²) in [7, 11) is 0. The van der Waals surface area contributed by atoms with E-state index in [9.17, 15) is 9.59 Å². The monoisotopic (exact) mass is 1000 g/mol. The summed E-state index contributed by atoms with van der Waals surface area (Å²) in [6.45, 7) is 12.8. The van der Waals surface area contributed by atoms with Crippen LogP contribution in [0.5, 0.6) is 23.0 Å². The number of benzene rings is 8. The van der Waals surface area contributed by atoms with Crippen LogP contribution in [0.4, 0.5) is 34.1 Å². The highest BCUT2D eigenvalue weighted by molar-refractivity contribution is 5.98. The second kappa shape index (κ2) is 17.3. The summed E-state index contributed by atoms with van der Waals surface area (Å²) in [5.74, 6) is 2.08. The first-order valence-corrected chi connectivity index (χ1v) is 26.9. The molecule has 0 bridgehead atoms. The van der Waals surface area contributed by atoms with Crippen molar-refractivity contribution in [3.05, 3.63) is 224 Å². The highest BCUT2D eigenvalue weighted by Crippen LogP contribution is 2.59. The van der Waals surface area contributed by atoms with Gasteiger partial charge in [-0.25, -0.2) is 9.59 Å². The van der Waals surface area contributed by atoms with Gasteiger partial charge in [-0.3, -0.25) is 0 Å². The van der Waals surface area contributed by atoms with Gasteiger partial charge in [-0.05, 0) is 153 Å². The van der Waals surface area contributed by atoms with Crippen LogP contribution >= 0.6 is 0 Å². The van der Waals surface area contributed by atoms with Gasteiger partial charge < -0.3 is 39.4 Å². The van der Waals surface area contributed by atoms with E-state index >= 15 is 0 Å². The molecule has 378 valence electrons. The minimum atomic E-state index is -1.16. The number of carbonyl (C=O) groups excluding carboxylic acids is 2. The summed E-state index contributed by atoms with van der Waals surface area (Å²) in [6.07, 6.45) is 5.56. The first kappa shape index (κ1) is 46.1. The first-order chi connectivity index (χ1) is 37.0. The summed E-state index contributed by atoms with van der Waals surface area (Å²) in [6, 6.07) is 53.9. The van der Waals surface area contributed by atoms with Crippen LogP contribution in [0.1, 0.15) is 122 Å². The van der Waals surface area contributed by atoms with Gasteiger partial charge in [0.15, 0.2) is 11.2 Å². The SMILES string of the molecule is CCC(C)(c1ccc(Nc2cc3c(cc2C)Oc2cc(N4CCCC4)ccc2C32OC(=O)c3ccccc32)cc1)c1ccc(Nc2cc3c(cc2C)Oc2cc(N4CCCC4)ccc2C32OC(=O)c3ccccc32)cc1. The van der Waals surface area contributed by atoms with Crippen molar-refractivity contribution in [2.24, 2.45) is 0 Å². The Morgan fingerprint density at radius 3 is 1.28 bits per heavy atom. The molecule has 0 aromatic heterocycles. The van der Waals surface area contributed by atoms with Crippen LogP contribution in [0.25, 0.3) is 0 Å². The number of nitrogens with one attached hydrogen (secondary N) is 2. The third-order valence-electron chi connectivity index (χ3n) is 17.3. The van der Waals surface area contributed by atoms with Crippen molar-refractivity contribution in [1.82, 2.24) is 0 Å². The average molecular weight is 1000 g/mol. The van der Waals surface area contributed by atoms with Gasteiger partial charge in [-0.1, -0.05) is 74.5 Å². The molecule has 0 amide bonds. The molecule has 8 aromatic carbocycles. The van der Waals surface area contributed by atoms with E-state index in [4.69, 9.17) is 18.9 Å². The highest BCUT2D eigenvalue weighted by Gasteiger charge is 2.55. The van der Waals surface area contributed by atoms with Gasteiger partial charge in [0.2, 0.25) is 0 Å². The lowest BCUT2D eigenvalue weighted by molar-refractivity contribution is 0.0214. The van der Waals surface area contributed by atoms with E-state index in [0.717, 1.165) is 111 Å². The van der Waals surface area contributed by atoms with Gasteiger partial charge in [0.05, 0.1) is 11.1 Å². The van der Waals surface area contributed by atoms with Gasteiger partial charge in [0, 0.05) is 111 Å². The lowest BCUT2D eigenvalue weighted by atomic mass is 9.74. The largest absolute Gasteiger partial charge is 0.456 e. The topological polar surface area (TPSA) is 102 Å².